The zero-order valence-corrected chi connectivity index (χ0v) is 14.3. The molecule has 5 rings (SSSR count). The van der Waals surface area contributed by atoms with Crippen molar-refractivity contribution in [3.63, 3.8) is 0 Å². The number of benzene rings is 2. The predicted molar refractivity (Wildman–Crippen MR) is 105 cm³/mol. The van der Waals surface area contributed by atoms with Crippen LogP contribution in [0.2, 0.25) is 0 Å². The van der Waals surface area contributed by atoms with Gasteiger partial charge < -0.3 is 0 Å². The molecule has 0 fully saturated rings. The summed E-state index contributed by atoms with van der Waals surface area (Å²) in [6.07, 6.45) is 21.1. The van der Waals surface area contributed by atoms with Gasteiger partial charge in [-0.3, -0.25) is 0 Å². The zero-order valence-electron chi connectivity index (χ0n) is 14.3. The summed E-state index contributed by atoms with van der Waals surface area (Å²) in [6, 6.07) is 18.0. The molecule has 0 nitrogen and oxygen atoms in total. The standard InChI is InChI=1S/C25H22/c1-3-11-19(12-4-1)25(20-13-5-2-6-14-20)23-17-9-7-15-21(23)22-16-8-10-18-24(22)25/h3-20H,1-2H2. The van der Waals surface area contributed by atoms with Crippen molar-refractivity contribution in [3.05, 3.63) is 108 Å². The second-order valence-electron chi connectivity index (χ2n) is 7.20. The maximum Gasteiger partial charge on any atom is 0.0409 e. The molecule has 2 aromatic rings. The molecular formula is C25H22. The van der Waals surface area contributed by atoms with E-state index in [0.717, 1.165) is 12.8 Å². The van der Waals surface area contributed by atoms with Crippen LogP contribution in [0.25, 0.3) is 11.1 Å². The van der Waals surface area contributed by atoms with Crippen molar-refractivity contribution >= 4 is 0 Å². The van der Waals surface area contributed by atoms with Crippen LogP contribution >= 0.6 is 0 Å². The van der Waals surface area contributed by atoms with E-state index in [4.69, 9.17) is 0 Å². The van der Waals surface area contributed by atoms with E-state index in [-0.39, 0.29) is 5.41 Å². The summed E-state index contributed by atoms with van der Waals surface area (Å²) in [7, 11) is 0. The number of hydrogen-bond donors (Lipinski definition) is 0. The van der Waals surface area contributed by atoms with Gasteiger partial charge in [0, 0.05) is 17.3 Å². The van der Waals surface area contributed by atoms with Crippen LogP contribution in [0.15, 0.2) is 97.1 Å². The van der Waals surface area contributed by atoms with Gasteiger partial charge in [-0.2, -0.15) is 0 Å². The van der Waals surface area contributed by atoms with Crippen LogP contribution in [-0.4, -0.2) is 0 Å². The third kappa shape index (κ3) is 2.00. The molecule has 0 aromatic heterocycles. The SMILES string of the molecule is C1=CC(C2(C3C=CCC=C3)c3ccccc3-c3ccccc32)C=CC1. The number of hydrogen-bond acceptors (Lipinski definition) is 0. The van der Waals surface area contributed by atoms with Crippen molar-refractivity contribution in [3.8, 4) is 11.1 Å². The van der Waals surface area contributed by atoms with Crippen LogP contribution in [0, 0.1) is 11.8 Å². The summed E-state index contributed by atoms with van der Waals surface area (Å²) in [6.45, 7) is 0. The Balaban J connectivity index is 1.86. The number of allylic oxidation sites excluding steroid dienone is 8. The highest BCUT2D eigenvalue weighted by molar-refractivity contribution is 5.82. The van der Waals surface area contributed by atoms with E-state index in [1.54, 1.807) is 0 Å². The third-order valence-corrected chi connectivity index (χ3v) is 6.01. The molecule has 0 spiro atoms. The highest BCUT2D eigenvalue weighted by atomic mass is 14.5. The Morgan fingerprint density at radius 3 is 1.40 bits per heavy atom. The Morgan fingerprint density at radius 2 is 0.960 bits per heavy atom. The quantitative estimate of drug-likeness (QED) is 0.576. The molecule has 25 heavy (non-hydrogen) atoms. The minimum absolute atomic E-state index is 0.0476. The van der Waals surface area contributed by atoms with Gasteiger partial charge in [0.05, 0.1) is 0 Å². The Bertz CT molecular complexity index is 821. The molecule has 0 radical (unpaired) electrons. The molecule has 0 heterocycles. The monoisotopic (exact) mass is 322 g/mol. The fraction of sp³-hybridized carbons (Fsp3) is 0.200. The van der Waals surface area contributed by atoms with E-state index in [0.29, 0.717) is 11.8 Å². The Morgan fingerprint density at radius 1 is 0.560 bits per heavy atom. The Hall–Kier alpha value is -2.60. The van der Waals surface area contributed by atoms with Crippen LogP contribution in [-0.2, 0) is 5.41 Å². The van der Waals surface area contributed by atoms with Crippen molar-refractivity contribution in [1.29, 1.82) is 0 Å². The minimum Gasteiger partial charge on any atom is -0.0841 e. The lowest BCUT2D eigenvalue weighted by atomic mass is 9.59. The van der Waals surface area contributed by atoms with Crippen LogP contribution in [0.4, 0.5) is 0 Å². The molecule has 0 unspecified atom stereocenters. The summed E-state index contributed by atoms with van der Waals surface area (Å²) in [5.41, 5.74) is 5.70. The number of fused-ring (bicyclic) bond motifs is 3. The van der Waals surface area contributed by atoms with Gasteiger partial charge in [0.2, 0.25) is 0 Å². The first kappa shape index (κ1) is 14.7. The summed E-state index contributed by atoms with van der Waals surface area (Å²) in [4.78, 5) is 0. The lowest BCUT2D eigenvalue weighted by Gasteiger charge is -2.43. The van der Waals surface area contributed by atoms with Gasteiger partial charge in [0.25, 0.3) is 0 Å². The maximum atomic E-state index is 2.43. The van der Waals surface area contributed by atoms with Crippen molar-refractivity contribution < 1.29 is 0 Å². The van der Waals surface area contributed by atoms with Crippen molar-refractivity contribution in [2.45, 2.75) is 18.3 Å². The lowest BCUT2D eigenvalue weighted by Crippen LogP contribution is -2.40. The van der Waals surface area contributed by atoms with E-state index in [9.17, 15) is 0 Å². The first-order valence-corrected chi connectivity index (χ1v) is 9.28. The second-order valence-corrected chi connectivity index (χ2v) is 7.20. The second kappa shape index (κ2) is 5.74. The molecule has 0 aliphatic heterocycles. The van der Waals surface area contributed by atoms with Gasteiger partial charge in [-0.15, -0.1) is 0 Å². The van der Waals surface area contributed by atoms with Crippen LogP contribution in [0.3, 0.4) is 0 Å². The van der Waals surface area contributed by atoms with E-state index in [1.807, 2.05) is 0 Å². The summed E-state index contributed by atoms with van der Waals surface area (Å²) in [5.74, 6) is 0.756. The summed E-state index contributed by atoms with van der Waals surface area (Å²) in [5, 5.41) is 0. The van der Waals surface area contributed by atoms with Crippen molar-refractivity contribution in [1.82, 2.24) is 0 Å². The first-order valence-electron chi connectivity index (χ1n) is 9.28. The molecular weight excluding hydrogens is 300 g/mol. The van der Waals surface area contributed by atoms with Crippen LogP contribution < -0.4 is 0 Å². The fourth-order valence-corrected chi connectivity index (χ4v) is 5.04. The smallest absolute Gasteiger partial charge is 0.0409 e. The lowest BCUT2D eigenvalue weighted by molar-refractivity contribution is 0.380. The van der Waals surface area contributed by atoms with E-state index >= 15 is 0 Å². The van der Waals surface area contributed by atoms with Crippen LogP contribution in [0.5, 0.6) is 0 Å². The van der Waals surface area contributed by atoms with E-state index in [2.05, 4.69) is 97.1 Å². The average Bonchev–Trinajstić information content (AvgIpc) is 3.01. The third-order valence-electron chi connectivity index (χ3n) is 6.01. The molecule has 0 atom stereocenters. The first-order chi connectivity index (χ1) is 12.4. The molecule has 0 bridgehead atoms. The van der Waals surface area contributed by atoms with Gasteiger partial charge in [0.1, 0.15) is 0 Å². The summed E-state index contributed by atoms with van der Waals surface area (Å²) >= 11 is 0. The molecule has 2 aromatic carbocycles. The van der Waals surface area contributed by atoms with Crippen molar-refractivity contribution in [2.75, 3.05) is 0 Å². The maximum absolute atomic E-state index is 2.43. The summed E-state index contributed by atoms with van der Waals surface area (Å²) < 4.78 is 0. The molecule has 3 aliphatic rings. The van der Waals surface area contributed by atoms with Crippen molar-refractivity contribution in [2.24, 2.45) is 11.8 Å². The van der Waals surface area contributed by atoms with Gasteiger partial charge in [0.15, 0.2) is 0 Å². The molecule has 0 saturated heterocycles. The van der Waals surface area contributed by atoms with Gasteiger partial charge in [-0.05, 0) is 35.1 Å². The molecule has 0 N–H and O–H groups in total. The normalized spacial score (nSPS) is 20.6. The minimum atomic E-state index is -0.0476. The van der Waals surface area contributed by atoms with Gasteiger partial charge >= 0.3 is 0 Å². The van der Waals surface area contributed by atoms with Gasteiger partial charge in [-0.25, -0.2) is 0 Å². The molecule has 3 aliphatic carbocycles. The molecule has 0 amide bonds. The highest BCUT2D eigenvalue weighted by Crippen LogP contribution is 2.58. The Labute approximate surface area is 149 Å². The van der Waals surface area contributed by atoms with Gasteiger partial charge in [-0.1, -0.05) is 97.1 Å². The molecule has 0 saturated carbocycles. The van der Waals surface area contributed by atoms with Crippen LogP contribution in [0.1, 0.15) is 24.0 Å². The van der Waals surface area contributed by atoms with E-state index < -0.39 is 0 Å². The average molecular weight is 322 g/mol. The molecule has 122 valence electrons. The van der Waals surface area contributed by atoms with E-state index in [1.165, 1.54) is 22.3 Å². The number of rotatable bonds is 2. The largest absolute Gasteiger partial charge is 0.0841 e. The Kier molecular flexibility index (Phi) is 3.38. The fourth-order valence-electron chi connectivity index (χ4n) is 5.04. The highest BCUT2D eigenvalue weighted by Gasteiger charge is 2.50. The zero-order chi connectivity index (χ0) is 16.7. The predicted octanol–water partition coefficient (Wildman–Crippen LogP) is 6.22. The molecule has 0 heteroatoms. The topological polar surface area (TPSA) is 0 Å².